The lowest BCUT2D eigenvalue weighted by atomic mass is 9.90. The topological polar surface area (TPSA) is 82.9 Å². The first-order valence-electron chi connectivity index (χ1n) is 6.72. The summed E-state index contributed by atoms with van der Waals surface area (Å²) < 4.78 is 5.77. The van der Waals surface area contributed by atoms with E-state index in [4.69, 9.17) is 21.1 Å². The van der Waals surface area contributed by atoms with Crippen LogP contribution < -0.4 is 10.5 Å². The van der Waals surface area contributed by atoms with Crippen molar-refractivity contribution in [2.45, 2.75) is 32.1 Å². The number of nitrogens with one attached hydrogen (secondary N) is 1. The van der Waals surface area contributed by atoms with Gasteiger partial charge in [0.2, 0.25) is 0 Å². The molecule has 19 heavy (non-hydrogen) atoms. The predicted molar refractivity (Wildman–Crippen MR) is 74.2 cm³/mol. The van der Waals surface area contributed by atoms with Crippen LogP contribution in [0.2, 0.25) is 0 Å². The number of rotatable bonds is 4. The molecule has 2 rings (SSSR count). The van der Waals surface area contributed by atoms with Gasteiger partial charge in [-0.25, -0.2) is 0 Å². The number of nitrogens with two attached hydrogens (primary N) is 1. The maximum Gasteiger partial charge on any atom is 0.137 e. The number of benzene rings is 1. The smallest absolute Gasteiger partial charge is 0.137 e. The zero-order valence-electron chi connectivity index (χ0n) is 11.0. The van der Waals surface area contributed by atoms with Crippen molar-refractivity contribution in [1.82, 2.24) is 0 Å². The summed E-state index contributed by atoms with van der Waals surface area (Å²) in [6.45, 7) is 0.675. The van der Waals surface area contributed by atoms with Gasteiger partial charge in [0, 0.05) is 5.56 Å². The molecule has 0 radical (unpaired) electrons. The van der Waals surface area contributed by atoms with Crippen LogP contribution in [0, 0.1) is 22.7 Å². The van der Waals surface area contributed by atoms with Crippen LogP contribution in [0.25, 0.3) is 0 Å². The first kappa shape index (κ1) is 13.4. The highest BCUT2D eigenvalue weighted by Gasteiger charge is 2.15. The van der Waals surface area contributed by atoms with Gasteiger partial charge >= 0.3 is 0 Å². The molecule has 0 saturated heterocycles. The average Bonchev–Trinajstić information content (AvgIpc) is 2.45. The lowest BCUT2D eigenvalue weighted by molar-refractivity contribution is 0.208. The fourth-order valence-electron chi connectivity index (χ4n) is 2.47. The van der Waals surface area contributed by atoms with E-state index in [1.165, 1.54) is 32.1 Å². The largest absolute Gasteiger partial charge is 0.492 e. The van der Waals surface area contributed by atoms with Gasteiger partial charge in [-0.3, -0.25) is 5.41 Å². The van der Waals surface area contributed by atoms with E-state index < -0.39 is 0 Å². The van der Waals surface area contributed by atoms with Gasteiger partial charge in [0.05, 0.1) is 12.2 Å². The van der Waals surface area contributed by atoms with Gasteiger partial charge in [0.25, 0.3) is 0 Å². The fourth-order valence-corrected chi connectivity index (χ4v) is 2.47. The molecule has 4 heteroatoms. The molecule has 0 aliphatic heterocycles. The van der Waals surface area contributed by atoms with E-state index in [0.29, 0.717) is 29.4 Å². The third-order valence-electron chi connectivity index (χ3n) is 3.61. The molecule has 0 atom stereocenters. The molecule has 1 fully saturated rings. The Morgan fingerprint density at radius 1 is 1.37 bits per heavy atom. The van der Waals surface area contributed by atoms with Gasteiger partial charge in [-0.1, -0.05) is 19.3 Å². The Kier molecular flexibility index (Phi) is 4.40. The van der Waals surface area contributed by atoms with E-state index in [1.54, 1.807) is 18.2 Å². The zero-order valence-corrected chi connectivity index (χ0v) is 11.0. The highest BCUT2D eigenvalue weighted by molar-refractivity contribution is 5.95. The number of nitrogen functional groups attached to an aromatic ring is 1. The summed E-state index contributed by atoms with van der Waals surface area (Å²) >= 11 is 0. The van der Waals surface area contributed by atoms with Crippen molar-refractivity contribution < 1.29 is 4.74 Å². The Hall–Kier alpha value is -2.02. The van der Waals surface area contributed by atoms with Gasteiger partial charge in [-0.05, 0) is 37.0 Å². The van der Waals surface area contributed by atoms with E-state index in [0.717, 1.165) is 0 Å². The molecule has 1 saturated carbocycles. The molecule has 0 heterocycles. The summed E-state index contributed by atoms with van der Waals surface area (Å²) in [6, 6.07) is 7.17. The molecule has 3 N–H and O–H groups in total. The van der Waals surface area contributed by atoms with Crippen molar-refractivity contribution in [3.8, 4) is 11.8 Å². The van der Waals surface area contributed by atoms with Crippen LogP contribution in [-0.2, 0) is 0 Å². The molecule has 1 aromatic carbocycles. The van der Waals surface area contributed by atoms with Gasteiger partial charge in [-0.15, -0.1) is 0 Å². The molecule has 1 aromatic rings. The lowest BCUT2D eigenvalue weighted by Crippen LogP contribution is -2.16. The van der Waals surface area contributed by atoms with Crippen LogP contribution in [-0.4, -0.2) is 12.4 Å². The van der Waals surface area contributed by atoms with Gasteiger partial charge < -0.3 is 10.5 Å². The highest BCUT2D eigenvalue weighted by atomic mass is 16.5. The second-order valence-electron chi connectivity index (χ2n) is 5.05. The fraction of sp³-hybridized carbons (Fsp3) is 0.467. The number of nitrogens with zero attached hydrogens (tertiary/aromatic N) is 1. The monoisotopic (exact) mass is 257 g/mol. The Morgan fingerprint density at radius 3 is 2.74 bits per heavy atom. The third-order valence-corrected chi connectivity index (χ3v) is 3.61. The quantitative estimate of drug-likeness (QED) is 0.642. The number of hydrogen-bond acceptors (Lipinski definition) is 3. The van der Waals surface area contributed by atoms with Crippen molar-refractivity contribution in [2.24, 2.45) is 11.7 Å². The molecular formula is C15H19N3O. The molecule has 0 unspecified atom stereocenters. The van der Waals surface area contributed by atoms with E-state index in [9.17, 15) is 0 Å². The van der Waals surface area contributed by atoms with E-state index in [-0.39, 0.29) is 5.84 Å². The van der Waals surface area contributed by atoms with Crippen molar-refractivity contribution >= 4 is 5.84 Å². The summed E-state index contributed by atoms with van der Waals surface area (Å²) in [4.78, 5) is 0. The first-order valence-corrected chi connectivity index (χ1v) is 6.72. The van der Waals surface area contributed by atoms with Gasteiger partial charge in [-0.2, -0.15) is 5.26 Å². The second kappa shape index (κ2) is 6.24. The number of amidine groups is 1. The maximum atomic E-state index is 9.12. The van der Waals surface area contributed by atoms with Crippen molar-refractivity contribution in [3.63, 3.8) is 0 Å². The van der Waals surface area contributed by atoms with Crippen LogP contribution in [0.1, 0.15) is 43.2 Å². The number of nitriles is 1. The normalized spacial score (nSPS) is 15.7. The number of hydrogen-bond donors (Lipinski definition) is 2. The van der Waals surface area contributed by atoms with Crippen molar-refractivity contribution in [1.29, 1.82) is 10.7 Å². The molecule has 1 aliphatic carbocycles. The zero-order chi connectivity index (χ0) is 13.7. The minimum absolute atomic E-state index is 0.0321. The highest BCUT2D eigenvalue weighted by Crippen LogP contribution is 2.26. The molecule has 0 bridgehead atoms. The van der Waals surface area contributed by atoms with Gasteiger partial charge in [0.1, 0.15) is 17.7 Å². The predicted octanol–water partition coefficient (Wildman–Crippen LogP) is 2.80. The summed E-state index contributed by atoms with van der Waals surface area (Å²) in [5.41, 5.74) is 6.42. The van der Waals surface area contributed by atoms with Crippen molar-refractivity contribution in [3.05, 3.63) is 29.3 Å². The molecule has 1 aliphatic rings. The van der Waals surface area contributed by atoms with Crippen LogP contribution in [0.3, 0.4) is 0 Å². The number of ether oxygens (including phenoxy) is 1. The van der Waals surface area contributed by atoms with E-state index >= 15 is 0 Å². The van der Waals surface area contributed by atoms with Crippen LogP contribution >= 0.6 is 0 Å². The van der Waals surface area contributed by atoms with Crippen LogP contribution in [0.15, 0.2) is 18.2 Å². The van der Waals surface area contributed by atoms with Crippen LogP contribution in [0.5, 0.6) is 5.75 Å². The minimum Gasteiger partial charge on any atom is -0.492 e. The van der Waals surface area contributed by atoms with E-state index in [1.807, 2.05) is 0 Å². The lowest BCUT2D eigenvalue weighted by Gasteiger charge is -2.22. The maximum absolute atomic E-state index is 9.12. The molecular weight excluding hydrogens is 238 g/mol. The van der Waals surface area contributed by atoms with Gasteiger partial charge in [0.15, 0.2) is 0 Å². The summed E-state index contributed by atoms with van der Waals surface area (Å²) in [5, 5.41) is 16.5. The average molecular weight is 257 g/mol. The summed E-state index contributed by atoms with van der Waals surface area (Å²) in [6.07, 6.45) is 6.32. The molecule has 0 spiro atoms. The molecule has 4 nitrogen and oxygen atoms in total. The second-order valence-corrected chi connectivity index (χ2v) is 5.05. The SMILES string of the molecule is N#Cc1cc(C(=N)N)ccc1OCC1CCCCC1. The summed E-state index contributed by atoms with van der Waals surface area (Å²) in [5.74, 6) is 1.17. The minimum atomic E-state index is -0.0321. The third kappa shape index (κ3) is 3.47. The molecule has 0 aromatic heterocycles. The molecule has 100 valence electrons. The van der Waals surface area contributed by atoms with Crippen LogP contribution in [0.4, 0.5) is 0 Å². The summed E-state index contributed by atoms with van der Waals surface area (Å²) in [7, 11) is 0. The Labute approximate surface area is 113 Å². The Balaban J connectivity index is 2.03. The first-order chi connectivity index (χ1) is 9.20. The van der Waals surface area contributed by atoms with Crippen molar-refractivity contribution in [2.75, 3.05) is 6.61 Å². The Morgan fingerprint density at radius 2 is 2.11 bits per heavy atom. The Bertz CT molecular complexity index is 499. The van der Waals surface area contributed by atoms with E-state index in [2.05, 4.69) is 6.07 Å². The standard InChI is InChI=1S/C15H19N3O/c16-9-13-8-12(15(17)18)6-7-14(13)19-10-11-4-2-1-3-5-11/h6-8,11H,1-5,10H2,(H3,17,18). The molecule has 0 amide bonds.